The first-order valence-electron chi connectivity index (χ1n) is 11.6. The summed E-state index contributed by atoms with van der Waals surface area (Å²) in [6.45, 7) is 3.26. The van der Waals surface area contributed by atoms with Gasteiger partial charge in [-0.3, -0.25) is 10.2 Å². The van der Waals surface area contributed by atoms with Crippen LogP contribution in [0.1, 0.15) is 29.7 Å². The minimum Gasteiger partial charge on any atom is -0.488 e. The maximum absolute atomic E-state index is 15.3. The summed E-state index contributed by atoms with van der Waals surface area (Å²) in [6, 6.07) is 8.61. The highest BCUT2D eigenvalue weighted by molar-refractivity contribution is 6.21. The summed E-state index contributed by atoms with van der Waals surface area (Å²) in [5.41, 5.74) is 5.96. The van der Waals surface area contributed by atoms with Crippen molar-refractivity contribution in [2.75, 3.05) is 53.4 Å². The number of carbonyl (C=O) groups is 1. The maximum atomic E-state index is 15.3. The van der Waals surface area contributed by atoms with Crippen molar-refractivity contribution >= 4 is 23.5 Å². The van der Waals surface area contributed by atoms with E-state index in [2.05, 4.69) is 0 Å². The molecule has 204 valence electrons. The lowest BCUT2D eigenvalue weighted by atomic mass is 10.1. The summed E-state index contributed by atoms with van der Waals surface area (Å²) in [4.78, 5) is 13.1. The fraction of sp³-hybridized carbons (Fsp3) is 0.440. The molecule has 0 aliphatic carbocycles. The molecule has 0 aliphatic rings. The zero-order valence-corrected chi connectivity index (χ0v) is 21.6. The van der Waals surface area contributed by atoms with E-state index in [1.807, 2.05) is 0 Å². The lowest BCUT2D eigenvalue weighted by molar-refractivity contribution is -0.139. The van der Waals surface area contributed by atoms with Gasteiger partial charge in [-0.2, -0.15) is 0 Å². The molecule has 2 rings (SSSR count). The molecule has 1 amide bonds. The first-order valence-corrected chi connectivity index (χ1v) is 11.9. The van der Waals surface area contributed by atoms with Gasteiger partial charge in [0.15, 0.2) is 17.7 Å². The van der Waals surface area contributed by atoms with Gasteiger partial charge < -0.3 is 29.4 Å². The molecule has 0 bridgehead atoms. The van der Waals surface area contributed by atoms with E-state index < -0.39 is 29.2 Å². The quantitative estimate of drug-likeness (QED) is 0.136. The van der Waals surface area contributed by atoms with E-state index in [0.717, 1.165) is 16.6 Å². The summed E-state index contributed by atoms with van der Waals surface area (Å²) < 4.78 is 57.1. The van der Waals surface area contributed by atoms with Crippen molar-refractivity contribution in [3.63, 3.8) is 0 Å². The number of amides is 1. The van der Waals surface area contributed by atoms with Crippen molar-refractivity contribution in [1.82, 2.24) is 4.42 Å². The fourth-order valence-electron chi connectivity index (χ4n) is 3.18. The topological polar surface area (TPSA) is 116 Å². The van der Waals surface area contributed by atoms with E-state index in [4.69, 9.17) is 46.6 Å². The van der Waals surface area contributed by atoms with E-state index in [9.17, 15) is 9.18 Å². The van der Waals surface area contributed by atoms with Gasteiger partial charge in [0, 0.05) is 31.1 Å². The number of ether oxygens (including phenoxy) is 5. The van der Waals surface area contributed by atoms with Crippen LogP contribution in [0.5, 0.6) is 5.75 Å². The Morgan fingerprint density at radius 1 is 1.03 bits per heavy atom. The Morgan fingerprint density at radius 2 is 1.65 bits per heavy atom. The van der Waals surface area contributed by atoms with Gasteiger partial charge in [-0.05, 0) is 24.6 Å². The predicted octanol–water partition coefficient (Wildman–Crippen LogP) is 3.57. The van der Waals surface area contributed by atoms with Crippen LogP contribution in [0.15, 0.2) is 36.4 Å². The average Bonchev–Trinajstić information content (AvgIpc) is 2.88. The lowest BCUT2D eigenvalue weighted by Gasteiger charge is -2.23. The van der Waals surface area contributed by atoms with Gasteiger partial charge in [-0.1, -0.05) is 24.3 Å². The number of carbonyl (C=O) groups excluding carboxylic acids is 1. The summed E-state index contributed by atoms with van der Waals surface area (Å²) in [5.74, 6) is -3.25. The Kier molecular flexibility index (Phi) is 13.2. The molecule has 9 nitrogen and oxygen atoms in total. The predicted molar refractivity (Wildman–Crippen MR) is 134 cm³/mol. The Balaban J connectivity index is 2.04. The molecule has 0 heterocycles. The number of rotatable bonds is 17. The molecule has 37 heavy (non-hydrogen) atoms. The van der Waals surface area contributed by atoms with Crippen LogP contribution in [0.2, 0.25) is 0 Å². The Hall–Kier alpha value is -2.83. The van der Waals surface area contributed by atoms with Crippen molar-refractivity contribution in [2.24, 2.45) is 5.73 Å². The molecule has 0 aliphatic heterocycles. The van der Waals surface area contributed by atoms with Gasteiger partial charge in [-0.15, -0.1) is 0 Å². The van der Waals surface area contributed by atoms with Crippen LogP contribution in [-0.4, -0.2) is 69.5 Å². The summed E-state index contributed by atoms with van der Waals surface area (Å²) in [5, 5.41) is 7.44. The van der Waals surface area contributed by atoms with Crippen LogP contribution in [0, 0.1) is 17.0 Å². The molecule has 3 N–H and O–H groups in total. The summed E-state index contributed by atoms with van der Waals surface area (Å²) in [7, 11) is 1.58. The number of halogens is 3. The highest BCUT2D eigenvalue weighted by atomic mass is 35.5. The number of hydrogen-bond donors (Lipinski definition) is 2. The van der Waals surface area contributed by atoms with Gasteiger partial charge in [-0.25, -0.2) is 13.2 Å². The molecular weight excluding hydrogens is 512 g/mol. The normalized spacial score (nSPS) is 11.8. The number of nitrogens with zero attached hydrogens (tertiary/aromatic N) is 1. The van der Waals surface area contributed by atoms with Crippen LogP contribution in [0.3, 0.4) is 0 Å². The largest absolute Gasteiger partial charge is 0.488 e. The summed E-state index contributed by atoms with van der Waals surface area (Å²) >= 11 is 6.19. The number of nitrogens with one attached hydrogen (secondary N) is 1. The van der Waals surface area contributed by atoms with Gasteiger partial charge in [0.2, 0.25) is 0 Å². The van der Waals surface area contributed by atoms with Crippen molar-refractivity contribution in [1.29, 1.82) is 5.41 Å². The number of methoxy groups -OCH3 is 1. The van der Waals surface area contributed by atoms with E-state index in [1.165, 1.54) is 0 Å². The Bertz CT molecular complexity index is 1010. The van der Waals surface area contributed by atoms with Crippen LogP contribution in [0.25, 0.3) is 0 Å². The van der Waals surface area contributed by atoms with Crippen molar-refractivity contribution < 1.29 is 37.3 Å². The number of benzene rings is 2. The van der Waals surface area contributed by atoms with Gasteiger partial charge in [0.25, 0.3) is 5.91 Å². The molecule has 1 unspecified atom stereocenters. The van der Waals surface area contributed by atoms with Crippen LogP contribution in [0.4, 0.5) is 8.78 Å². The molecule has 1 atom stereocenters. The van der Waals surface area contributed by atoms with Gasteiger partial charge in [0.1, 0.15) is 18.3 Å². The SMILES string of the molecule is CCOC(C(=O)N(Cl)Cc1ccc(C(=N)N)cc1)c1c(F)ccc(OCCOCCOCCOC)c1F. The third kappa shape index (κ3) is 9.52. The number of nitrogen functional groups attached to an aromatic ring is 1. The highest BCUT2D eigenvalue weighted by Gasteiger charge is 2.32. The van der Waals surface area contributed by atoms with E-state index in [0.29, 0.717) is 37.6 Å². The van der Waals surface area contributed by atoms with E-state index in [-0.39, 0.29) is 38.0 Å². The summed E-state index contributed by atoms with van der Waals surface area (Å²) in [6.07, 6.45) is -1.64. The second kappa shape index (κ2) is 16.1. The average molecular weight is 544 g/mol. The first kappa shape index (κ1) is 30.4. The third-order valence-electron chi connectivity index (χ3n) is 5.03. The molecule has 2 aromatic rings. The van der Waals surface area contributed by atoms with E-state index >= 15 is 4.39 Å². The Labute approximate surface area is 219 Å². The number of hydrogen-bond acceptors (Lipinski definition) is 7. The molecule has 2 aromatic carbocycles. The van der Waals surface area contributed by atoms with E-state index in [1.54, 1.807) is 38.3 Å². The number of nitrogens with two attached hydrogens (primary N) is 1. The van der Waals surface area contributed by atoms with Crippen LogP contribution < -0.4 is 10.5 Å². The maximum Gasteiger partial charge on any atom is 0.271 e. The molecular formula is C25H32ClF2N3O6. The standard InChI is InChI=1S/C25H32ClF2N3O6/c1-3-36-23(25(32)31(26)16-17-4-6-18(7-5-17)24(29)30)21-19(27)8-9-20(22(21)28)37-15-14-35-13-12-34-11-10-33-2/h4-9,23H,3,10-16H2,1-2H3,(H3,29,30). The molecule has 12 heteroatoms. The lowest BCUT2D eigenvalue weighted by Crippen LogP contribution is -2.30. The number of amidine groups is 1. The molecule has 0 radical (unpaired) electrons. The van der Waals surface area contributed by atoms with Crippen molar-refractivity contribution in [3.8, 4) is 5.75 Å². The second-order valence-corrected chi connectivity index (χ2v) is 8.05. The van der Waals surface area contributed by atoms with Gasteiger partial charge in [0.05, 0.1) is 45.1 Å². The van der Waals surface area contributed by atoms with Crippen LogP contribution in [-0.2, 0) is 30.3 Å². The molecule has 0 fully saturated rings. The molecule has 0 aromatic heterocycles. The van der Waals surface area contributed by atoms with Crippen molar-refractivity contribution in [3.05, 3.63) is 64.7 Å². The van der Waals surface area contributed by atoms with Crippen molar-refractivity contribution in [2.45, 2.75) is 19.6 Å². The van der Waals surface area contributed by atoms with Gasteiger partial charge >= 0.3 is 0 Å². The minimum absolute atomic E-state index is 0.00129. The minimum atomic E-state index is -1.64. The second-order valence-electron chi connectivity index (χ2n) is 7.64. The highest BCUT2D eigenvalue weighted by Crippen LogP contribution is 2.32. The zero-order chi connectivity index (χ0) is 27.2. The Morgan fingerprint density at radius 3 is 2.24 bits per heavy atom. The molecule has 0 saturated carbocycles. The fourth-order valence-corrected chi connectivity index (χ4v) is 3.40. The molecule has 0 spiro atoms. The molecule has 0 saturated heterocycles. The van der Waals surface area contributed by atoms with Crippen LogP contribution >= 0.6 is 11.8 Å². The third-order valence-corrected chi connectivity index (χ3v) is 5.31. The smallest absolute Gasteiger partial charge is 0.271 e. The first-order chi connectivity index (χ1) is 17.8. The zero-order valence-electron chi connectivity index (χ0n) is 20.8. The monoisotopic (exact) mass is 543 g/mol.